The molecule has 2 unspecified atom stereocenters. The van der Waals surface area contributed by atoms with E-state index in [2.05, 4.69) is 10.0 Å². The Morgan fingerprint density at radius 2 is 1.91 bits per heavy atom. The molecule has 0 radical (unpaired) electrons. The van der Waals surface area contributed by atoms with E-state index in [0.717, 1.165) is 30.5 Å². The van der Waals surface area contributed by atoms with Crippen molar-refractivity contribution in [3.63, 3.8) is 0 Å². The van der Waals surface area contributed by atoms with Crippen LogP contribution in [0, 0.1) is 28.1 Å². The quantitative estimate of drug-likeness (QED) is 0.432. The molecule has 1 aliphatic rings. The van der Waals surface area contributed by atoms with Crippen molar-refractivity contribution < 1.29 is 22.2 Å². The Labute approximate surface area is 202 Å². The number of rotatable bonds is 6. The summed E-state index contributed by atoms with van der Waals surface area (Å²) in [5.41, 5.74) is 1.83. The van der Waals surface area contributed by atoms with Gasteiger partial charge in [-0.3, -0.25) is 4.79 Å². The minimum absolute atomic E-state index is 0.0726. The summed E-state index contributed by atoms with van der Waals surface area (Å²) in [6.07, 6.45) is 3.96. The first kappa shape index (κ1) is 25.0. The van der Waals surface area contributed by atoms with Crippen molar-refractivity contribution in [3.8, 4) is 0 Å². The smallest absolute Gasteiger partial charge is 0.272 e. The van der Waals surface area contributed by atoms with E-state index in [1.54, 1.807) is 19.2 Å². The Bertz CT molecular complexity index is 1350. The van der Waals surface area contributed by atoms with E-state index in [0.29, 0.717) is 18.4 Å². The molecule has 6 nitrogen and oxygen atoms in total. The van der Waals surface area contributed by atoms with Crippen LogP contribution in [0.3, 0.4) is 0 Å². The van der Waals surface area contributed by atoms with Crippen LogP contribution in [0.5, 0.6) is 0 Å². The van der Waals surface area contributed by atoms with Gasteiger partial charge in [0.25, 0.3) is 5.91 Å². The molecule has 3 atom stereocenters. The lowest BCUT2D eigenvalue weighted by Crippen LogP contribution is -2.37. The molecule has 0 spiro atoms. The number of hydrogen-bond donors (Lipinski definition) is 3. The maximum absolute atomic E-state index is 13.6. The Kier molecular flexibility index (Phi) is 7.05. The second-order valence-electron chi connectivity index (χ2n) is 8.98. The van der Waals surface area contributed by atoms with Crippen LogP contribution in [-0.4, -0.2) is 20.7 Å². The van der Waals surface area contributed by atoms with Crippen molar-refractivity contribution in [1.29, 1.82) is 4.78 Å². The molecular formula is C25H27F3N4O2S. The van der Waals surface area contributed by atoms with Gasteiger partial charge >= 0.3 is 0 Å². The zero-order valence-corrected chi connectivity index (χ0v) is 20.2. The summed E-state index contributed by atoms with van der Waals surface area (Å²) in [6.45, 7) is 2.02. The molecule has 3 N–H and O–H groups in total. The fourth-order valence-corrected chi connectivity index (χ4v) is 6.24. The standard InChI is InChI=1S/C25H27F3N4O2S/c1-15(3-4-16-5-7-17(26)8-6-16)22-12-10-19-23(35(29,34)31-22)14-32(2)24(19)25(33)30-18-9-11-20(27)21(28)13-18/h5-9,11,13-15,22H,3-4,10,12H2,1-2H3,(H,30,33)(H2,29,31,34)/t15-,22?,35?/m0/s1. The van der Waals surface area contributed by atoms with E-state index in [-0.39, 0.29) is 34.1 Å². The molecule has 0 aliphatic carbocycles. The molecule has 2 aromatic carbocycles. The molecule has 3 aromatic rings. The average molecular weight is 505 g/mol. The van der Waals surface area contributed by atoms with E-state index in [9.17, 15) is 22.2 Å². The van der Waals surface area contributed by atoms with Crippen molar-refractivity contribution in [1.82, 2.24) is 9.29 Å². The van der Waals surface area contributed by atoms with Gasteiger partial charge in [0.2, 0.25) is 0 Å². The number of hydrogen-bond acceptors (Lipinski definition) is 3. The second-order valence-corrected chi connectivity index (χ2v) is 10.8. The van der Waals surface area contributed by atoms with Crippen LogP contribution in [0.1, 0.15) is 41.4 Å². The van der Waals surface area contributed by atoms with Crippen LogP contribution in [0.4, 0.5) is 18.9 Å². The van der Waals surface area contributed by atoms with E-state index in [1.807, 2.05) is 6.92 Å². The van der Waals surface area contributed by atoms with Crippen LogP contribution < -0.4 is 10.0 Å². The molecule has 1 aliphatic heterocycles. The molecule has 10 heteroatoms. The molecule has 2 heterocycles. The van der Waals surface area contributed by atoms with Crippen molar-refractivity contribution >= 4 is 21.5 Å². The SMILES string of the molecule is C[C@@H](CCc1ccc(F)cc1)C1CCc2c(cn(C)c2C(=O)Nc2ccc(F)c(F)c2)S(=N)(=O)N1. The molecule has 1 aromatic heterocycles. The van der Waals surface area contributed by atoms with E-state index < -0.39 is 27.5 Å². The number of carbonyl (C=O) groups is 1. The van der Waals surface area contributed by atoms with Crippen LogP contribution in [-0.2, 0) is 29.8 Å². The van der Waals surface area contributed by atoms with Gasteiger partial charge in [-0.25, -0.2) is 26.9 Å². The van der Waals surface area contributed by atoms with E-state index >= 15 is 0 Å². The predicted octanol–water partition coefficient (Wildman–Crippen LogP) is 5.19. The van der Waals surface area contributed by atoms with Gasteiger partial charge in [0.15, 0.2) is 11.6 Å². The summed E-state index contributed by atoms with van der Waals surface area (Å²) in [7, 11) is -1.77. The molecule has 186 valence electrons. The van der Waals surface area contributed by atoms with E-state index in [4.69, 9.17) is 4.78 Å². The van der Waals surface area contributed by atoms with Gasteiger partial charge in [0, 0.05) is 36.6 Å². The van der Waals surface area contributed by atoms with Gasteiger partial charge in [-0.15, -0.1) is 0 Å². The van der Waals surface area contributed by atoms with Gasteiger partial charge in [-0.05, 0) is 61.4 Å². The first-order valence-corrected chi connectivity index (χ1v) is 12.9. The molecule has 0 bridgehead atoms. The normalized spacial score (nSPS) is 20.7. The van der Waals surface area contributed by atoms with Gasteiger partial charge in [-0.1, -0.05) is 19.1 Å². The molecule has 0 saturated carbocycles. The third-order valence-corrected chi connectivity index (χ3v) is 8.07. The lowest BCUT2D eigenvalue weighted by Gasteiger charge is -2.24. The van der Waals surface area contributed by atoms with Crippen molar-refractivity contribution in [2.24, 2.45) is 13.0 Å². The zero-order valence-electron chi connectivity index (χ0n) is 19.4. The lowest BCUT2D eigenvalue weighted by atomic mass is 9.91. The summed E-state index contributed by atoms with van der Waals surface area (Å²) in [5, 5.41) is 2.56. The molecule has 1 amide bonds. The van der Waals surface area contributed by atoms with Gasteiger partial charge in [0.05, 0.1) is 4.90 Å². The third-order valence-electron chi connectivity index (χ3n) is 6.46. The second kappa shape index (κ2) is 9.87. The fraction of sp³-hybridized carbons (Fsp3) is 0.320. The highest BCUT2D eigenvalue weighted by molar-refractivity contribution is 7.90. The number of benzene rings is 2. The third kappa shape index (κ3) is 5.43. The maximum atomic E-state index is 13.6. The van der Waals surface area contributed by atoms with Gasteiger partial charge < -0.3 is 9.88 Å². The minimum Gasteiger partial charge on any atom is -0.345 e. The molecule has 4 rings (SSSR count). The topological polar surface area (TPSA) is 87.0 Å². The van der Waals surface area contributed by atoms with Crippen molar-refractivity contribution in [3.05, 3.63) is 82.9 Å². The fourth-order valence-electron chi connectivity index (χ4n) is 4.48. The maximum Gasteiger partial charge on any atom is 0.272 e. The number of nitrogens with zero attached hydrogens (tertiary/aromatic N) is 1. The number of aromatic nitrogens is 1. The first-order valence-electron chi connectivity index (χ1n) is 11.3. The number of fused-ring (bicyclic) bond motifs is 1. The monoisotopic (exact) mass is 504 g/mol. The number of anilines is 1. The summed E-state index contributed by atoms with van der Waals surface area (Å²) in [4.78, 5) is 13.3. The Morgan fingerprint density at radius 3 is 2.60 bits per heavy atom. The van der Waals surface area contributed by atoms with E-state index in [1.165, 1.54) is 29.0 Å². The summed E-state index contributed by atoms with van der Waals surface area (Å²) < 4.78 is 66.4. The number of amides is 1. The Balaban J connectivity index is 1.52. The minimum atomic E-state index is -3.39. The van der Waals surface area contributed by atoms with Crippen LogP contribution in [0.2, 0.25) is 0 Å². The average Bonchev–Trinajstić information content (AvgIpc) is 3.09. The number of nitrogens with one attached hydrogen (secondary N) is 3. The van der Waals surface area contributed by atoms with Crippen molar-refractivity contribution in [2.75, 3.05) is 5.32 Å². The highest BCUT2D eigenvalue weighted by Gasteiger charge is 2.32. The molecule has 35 heavy (non-hydrogen) atoms. The highest BCUT2D eigenvalue weighted by Crippen LogP contribution is 2.31. The number of carbonyl (C=O) groups excluding carboxylic acids is 1. The van der Waals surface area contributed by atoms with Crippen LogP contribution in [0.25, 0.3) is 0 Å². The predicted molar refractivity (Wildman–Crippen MR) is 128 cm³/mol. The zero-order chi connectivity index (χ0) is 25.3. The summed E-state index contributed by atoms with van der Waals surface area (Å²) >= 11 is 0. The Hall–Kier alpha value is -3.11. The molecule has 0 saturated heterocycles. The molecule has 0 fully saturated rings. The van der Waals surface area contributed by atoms with Gasteiger partial charge in [-0.2, -0.15) is 0 Å². The molecular weight excluding hydrogens is 477 g/mol. The Morgan fingerprint density at radius 1 is 1.20 bits per heavy atom. The first-order chi connectivity index (χ1) is 16.5. The summed E-state index contributed by atoms with van der Waals surface area (Å²) in [5.74, 6) is -2.87. The highest BCUT2D eigenvalue weighted by atomic mass is 32.2. The largest absolute Gasteiger partial charge is 0.345 e. The summed E-state index contributed by atoms with van der Waals surface area (Å²) in [6, 6.07) is 9.17. The van der Waals surface area contributed by atoms with Crippen molar-refractivity contribution in [2.45, 2.75) is 43.5 Å². The number of aryl methyl sites for hydroxylation is 2. The van der Waals surface area contributed by atoms with Crippen LogP contribution in [0.15, 0.2) is 53.6 Å². The number of halogens is 3. The lowest BCUT2D eigenvalue weighted by molar-refractivity contribution is 0.101. The van der Waals surface area contributed by atoms with Gasteiger partial charge in [0.1, 0.15) is 21.4 Å². The van der Waals surface area contributed by atoms with Crippen LogP contribution >= 0.6 is 0 Å².